The number of rotatable bonds is 8. The Morgan fingerprint density at radius 1 is 1.03 bits per heavy atom. The highest BCUT2D eigenvalue weighted by Gasteiger charge is 2.55. The first-order valence-corrected chi connectivity index (χ1v) is 9.33. The number of hydrogen-bond donors (Lipinski definition) is 9. The Morgan fingerprint density at radius 3 is 2.23 bits per heavy atom. The smallest absolute Gasteiger partial charge is 0.243 e. The van der Waals surface area contributed by atoms with Crippen molar-refractivity contribution in [3.63, 3.8) is 0 Å². The number of aliphatic hydroxyl groups is 8. The van der Waals surface area contributed by atoms with Gasteiger partial charge in [-0.3, -0.25) is 4.79 Å². The fourth-order valence-corrected chi connectivity index (χ4v) is 3.35. The number of aliphatic hydroxyl groups excluding tert-OH is 7. The van der Waals surface area contributed by atoms with Crippen LogP contribution in [0.25, 0.3) is 0 Å². The monoisotopic (exact) mass is 439 g/mol. The summed E-state index contributed by atoms with van der Waals surface area (Å²) < 4.78 is 15.9. The van der Waals surface area contributed by atoms with Gasteiger partial charge in [0, 0.05) is 13.0 Å². The summed E-state index contributed by atoms with van der Waals surface area (Å²) in [5, 5.41) is 82.3. The van der Waals surface area contributed by atoms with Crippen LogP contribution in [0.2, 0.25) is 0 Å². The van der Waals surface area contributed by atoms with Crippen LogP contribution in [0.5, 0.6) is 0 Å². The number of amides is 1. The average Bonchev–Trinajstić information content (AvgIpc) is 2.73. The van der Waals surface area contributed by atoms with Gasteiger partial charge in [-0.2, -0.15) is 0 Å². The van der Waals surface area contributed by atoms with Gasteiger partial charge in [0.2, 0.25) is 5.91 Å². The van der Waals surface area contributed by atoms with Crippen molar-refractivity contribution in [3.8, 4) is 0 Å². The first-order chi connectivity index (χ1) is 14.1. The molecule has 0 saturated carbocycles. The summed E-state index contributed by atoms with van der Waals surface area (Å²) in [4.78, 5) is 11.2. The standard InChI is InChI=1S/C17H29NO12/c1-2-9(21)18-4-3-17(27)15(26)13(25)14(8(6-20)30-17)29-16-12(24)11(23)10(22)7(5-19)28-16/h2,7-8,10-16,19-20,22-27H,1,3-6H2,(H,18,21)/t7-,8-,10+,11+,12-,13+,14-,15-,16+,17?/m1/s1. The summed E-state index contributed by atoms with van der Waals surface area (Å²) in [5.41, 5.74) is 0. The average molecular weight is 439 g/mol. The molecule has 0 bridgehead atoms. The highest BCUT2D eigenvalue weighted by molar-refractivity contribution is 5.86. The van der Waals surface area contributed by atoms with Gasteiger partial charge < -0.3 is 60.4 Å². The Kier molecular flexibility index (Phi) is 8.67. The van der Waals surface area contributed by atoms with Crippen molar-refractivity contribution in [1.82, 2.24) is 5.32 Å². The Labute approximate surface area is 171 Å². The lowest BCUT2D eigenvalue weighted by molar-refractivity contribution is -0.384. The fourth-order valence-electron chi connectivity index (χ4n) is 3.35. The molecule has 2 heterocycles. The van der Waals surface area contributed by atoms with E-state index in [1.165, 1.54) is 0 Å². The van der Waals surface area contributed by atoms with E-state index in [1.807, 2.05) is 0 Å². The molecule has 174 valence electrons. The molecule has 13 heteroatoms. The largest absolute Gasteiger partial charge is 0.394 e. The molecule has 0 aromatic carbocycles. The second-order valence-electron chi connectivity index (χ2n) is 7.16. The lowest BCUT2D eigenvalue weighted by atomic mass is 9.90. The lowest BCUT2D eigenvalue weighted by Gasteiger charge is -2.49. The third-order valence-corrected chi connectivity index (χ3v) is 5.13. The summed E-state index contributed by atoms with van der Waals surface area (Å²) in [7, 11) is 0. The molecule has 2 fully saturated rings. The highest BCUT2D eigenvalue weighted by atomic mass is 16.7. The quantitative estimate of drug-likeness (QED) is 0.162. The molecule has 9 N–H and O–H groups in total. The van der Waals surface area contributed by atoms with E-state index in [2.05, 4.69) is 11.9 Å². The minimum absolute atomic E-state index is 0.151. The summed E-state index contributed by atoms with van der Waals surface area (Å²) in [6.45, 7) is 1.62. The van der Waals surface area contributed by atoms with E-state index < -0.39 is 80.0 Å². The molecule has 2 aliphatic rings. The van der Waals surface area contributed by atoms with Crippen LogP contribution in [0.1, 0.15) is 6.42 Å². The van der Waals surface area contributed by atoms with Gasteiger partial charge in [-0.25, -0.2) is 0 Å². The van der Waals surface area contributed by atoms with Crippen LogP contribution >= 0.6 is 0 Å². The molecular formula is C17H29NO12. The SMILES string of the molecule is C=CC(=O)NCCC1(O)O[C@H](CO)[C@@H](O[C@@H]2O[C@H](CO)[C@H](O)[C@H](O)[C@H]2O)[C@H](O)[C@H]1O. The molecule has 10 atom stereocenters. The van der Waals surface area contributed by atoms with Gasteiger partial charge in [-0.05, 0) is 6.08 Å². The molecule has 2 saturated heterocycles. The Hall–Kier alpha value is -1.23. The summed E-state index contributed by atoms with van der Waals surface area (Å²) >= 11 is 0. The number of carbonyl (C=O) groups is 1. The molecule has 0 radical (unpaired) electrons. The second kappa shape index (κ2) is 10.4. The van der Waals surface area contributed by atoms with E-state index in [-0.39, 0.29) is 13.0 Å². The van der Waals surface area contributed by atoms with Gasteiger partial charge in [-0.1, -0.05) is 6.58 Å². The number of ether oxygens (including phenoxy) is 3. The molecular weight excluding hydrogens is 410 g/mol. The van der Waals surface area contributed by atoms with Crippen LogP contribution in [-0.2, 0) is 19.0 Å². The van der Waals surface area contributed by atoms with E-state index in [0.717, 1.165) is 6.08 Å². The molecule has 0 aliphatic carbocycles. The minimum atomic E-state index is -2.35. The molecule has 0 spiro atoms. The molecule has 1 amide bonds. The summed E-state index contributed by atoms with van der Waals surface area (Å²) in [5.74, 6) is -2.89. The Bertz CT molecular complexity index is 589. The van der Waals surface area contributed by atoms with Crippen molar-refractivity contribution >= 4 is 5.91 Å². The predicted octanol–water partition coefficient (Wildman–Crippen LogP) is -5.33. The van der Waals surface area contributed by atoms with Crippen LogP contribution < -0.4 is 5.32 Å². The number of hydrogen-bond acceptors (Lipinski definition) is 12. The van der Waals surface area contributed by atoms with Gasteiger partial charge >= 0.3 is 0 Å². The highest BCUT2D eigenvalue weighted by Crippen LogP contribution is 2.34. The van der Waals surface area contributed by atoms with Crippen LogP contribution in [0.15, 0.2) is 12.7 Å². The zero-order chi connectivity index (χ0) is 22.6. The third-order valence-electron chi connectivity index (χ3n) is 5.13. The van der Waals surface area contributed by atoms with Gasteiger partial charge in [-0.15, -0.1) is 0 Å². The second-order valence-corrected chi connectivity index (χ2v) is 7.16. The molecule has 2 aliphatic heterocycles. The number of carbonyl (C=O) groups excluding carboxylic acids is 1. The van der Waals surface area contributed by atoms with E-state index >= 15 is 0 Å². The molecule has 13 nitrogen and oxygen atoms in total. The van der Waals surface area contributed by atoms with Gasteiger partial charge in [0.05, 0.1) is 13.2 Å². The van der Waals surface area contributed by atoms with Crippen molar-refractivity contribution in [3.05, 3.63) is 12.7 Å². The summed E-state index contributed by atoms with van der Waals surface area (Å²) in [6, 6.07) is 0. The van der Waals surface area contributed by atoms with Gasteiger partial charge in [0.1, 0.15) is 48.8 Å². The Balaban J connectivity index is 2.11. The minimum Gasteiger partial charge on any atom is -0.394 e. The molecule has 1 unspecified atom stereocenters. The lowest BCUT2D eigenvalue weighted by Crippen LogP contribution is -2.68. The molecule has 30 heavy (non-hydrogen) atoms. The first kappa shape index (κ1) is 25.0. The van der Waals surface area contributed by atoms with Crippen LogP contribution in [-0.4, -0.2) is 127 Å². The predicted molar refractivity (Wildman–Crippen MR) is 95.4 cm³/mol. The zero-order valence-corrected chi connectivity index (χ0v) is 16.0. The molecule has 0 aromatic rings. The topological polar surface area (TPSA) is 219 Å². The van der Waals surface area contributed by atoms with E-state index in [0.29, 0.717) is 0 Å². The van der Waals surface area contributed by atoms with Crippen LogP contribution in [0.4, 0.5) is 0 Å². The fraction of sp³-hybridized carbons (Fsp3) is 0.824. The molecule has 2 rings (SSSR count). The van der Waals surface area contributed by atoms with Crippen LogP contribution in [0.3, 0.4) is 0 Å². The van der Waals surface area contributed by atoms with Crippen molar-refractivity contribution in [2.45, 2.75) is 67.3 Å². The maximum atomic E-state index is 11.2. The number of nitrogens with one attached hydrogen (secondary N) is 1. The van der Waals surface area contributed by atoms with Crippen LogP contribution in [0, 0.1) is 0 Å². The first-order valence-electron chi connectivity index (χ1n) is 9.33. The van der Waals surface area contributed by atoms with Crippen molar-refractivity contribution in [1.29, 1.82) is 0 Å². The summed E-state index contributed by atoms with van der Waals surface area (Å²) in [6.07, 6.45) is -14.2. The van der Waals surface area contributed by atoms with Crippen molar-refractivity contribution < 1.29 is 59.9 Å². The maximum Gasteiger partial charge on any atom is 0.243 e. The van der Waals surface area contributed by atoms with Gasteiger partial charge in [0.25, 0.3) is 0 Å². The van der Waals surface area contributed by atoms with Crippen molar-refractivity contribution in [2.75, 3.05) is 19.8 Å². The normalized spacial score (nSPS) is 44.5. The van der Waals surface area contributed by atoms with E-state index in [9.17, 15) is 45.6 Å². The van der Waals surface area contributed by atoms with E-state index in [1.54, 1.807) is 0 Å². The Morgan fingerprint density at radius 2 is 1.67 bits per heavy atom. The third kappa shape index (κ3) is 5.15. The maximum absolute atomic E-state index is 11.2. The zero-order valence-electron chi connectivity index (χ0n) is 16.0. The van der Waals surface area contributed by atoms with Gasteiger partial charge in [0.15, 0.2) is 12.1 Å². The van der Waals surface area contributed by atoms with Crippen molar-refractivity contribution in [2.24, 2.45) is 0 Å². The molecule has 0 aromatic heterocycles. The van der Waals surface area contributed by atoms with E-state index in [4.69, 9.17) is 14.2 Å².